The number of aryl methyl sites for hydroxylation is 1. The highest BCUT2D eigenvalue weighted by Gasteiger charge is 2.09. The minimum atomic E-state index is 0.478. The van der Waals surface area contributed by atoms with Gasteiger partial charge in [-0.2, -0.15) is 0 Å². The first kappa shape index (κ1) is 14.2. The smallest absolute Gasteiger partial charge is 0.0615 e. The molecule has 0 aliphatic rings. The Kier molecular flexibility index (Phi) is 6.90. The van der Waals surface area contributed by atoms with E-state index in [-0.39, 0.29) is 0 Å². The summed E-state index contributed by atoms with van der Waals surface area (Å²) in [5, 5.41) is 3.61. The molecule has 0 aliphatic carbocycles. The van der Waals surface area contributed by atoms with Gasteiger partial charge < -0.3 is 10.1 Å². The van der Waals surface area contributed by atoms with E-state index < -0.39 is 0 Å². The van der Waals surface area contributed by atoms with Crippen LogP contribution in [0.3, 0.4) is 0 Å². The van der Waals surface area contributed by atoms with Gasteiger partial charge in [0.25, 0.3) is 0 Å². The summed E-state index contributed by atoms with van der Waals surface area (Å²) in [4.78, 5) is 0. The summed E-state index contributed by atoms with van der Waals surface area (Å²) in [6.07, 6.45) is 3.42. The Balaban J connectivity index is 2.27. The van der Waals surface area contributed by atoms with Gasteiger partial charge in [-0.1, -0.05) is 37.3 Å². The third-order valence-electron chi connectivity index (χ3n) is 3.09. The standard InChI is InChI=1S/C15H25NO/c1-4-15(12-17-3)16-13(2)10-11-14-8-6-5-7-9-14/h5-9,13,15-16H,4,10-12H2,1-3H3. The SMILES string of the molecule is CCC(COC)NC(C)CCc1ccccc1. The maximum atomic E-state index is 5.20. The van der Waals surface area contributed by atoms with E-state index in [4.69, 9.17) is 4.74 Å². The first-order valence-electron chi connectivity index (χ1n) is 6.55. The Morgan fingerprint density at radius 1 is 1.24 bits per heavy atom. The summed E-state index contributed by atoms with van der Waals surface area (Å²) in [6.45, 7) is 5.24. The normalized spacial score (nSPS) is 14.5. The Morgan fingerprint density at radius 2 is 1.94 bits per heavy atom. The molecule has 1 rings (SSSR count). The number of hydrogen-bond donors (Lipinski definition) is 1. The van der Waals surface area contributed by atoms with Crippen molar-refractivity contribution in [1.82, 2.24) is 5.32 Å². The fourth-order valence-corrected chi connectivity index (χ4v) is 2.00. The van der Waals surface area contributed by atoms with Crippen LogP contribution in [0.1, 0.15) is 32.3 Å². The largest absolute Gasteiger partial charge is 0.383 e. The van der Waals surface area contributed by atoms with Crippen LogP contribution in [0.25, 0.3) is 0 Å². The van der Waals surface area contributed by atoms with Crippen LogP contribution in [0.15, 0.2) is 30.3 Å². The van der Waals surface area contributed by atoms with Gasteiger partial charge in [0, 0.05) is 19.2 Å². The highest BCUT2D eigenvalue weighted by molar-refractivity contribution is 5.14. The molecule has 0 amide bonds. The van der Waals surface area contributed by atoms with Crippen LogP contribution in [0.4, 0.5) is 0 Å². The molecule has 0 spiro atoms. The van der Waals surface area contributed by atoms with E-state index in [0.29, 0.717) is 12.1 Å². The molecule has 0 fully saturated rings. The van der Waals surface area contributed by atoms with Gasteiger partial charge in [-0.3, -0.25) is 0 Å². The number of rotatable bonds is 8. The summed E-state index contributed by atoms with van der Waals surface area (Å²) < 4.78 is 5.20. The average molecular weight is 235 g/mol. The monoisotopic (exact) mass is 235 g/mol. The van der Waals surface area contributed by atoms with E-state index in [0.717, 1.165) is 19.4 Å². The molecule has 1 aromatic carbocycles. The summed E-state index contributed by atoms with van der Waals surface area (Å²) >= 11 is 0. The number of benzene rings is 1. The Hall–Kier alpha value is -0.860. The van der Waals surface area contributed by atoms with Crippen molar-refractivity contribution in [1.29, 1.82) is 0 Å². The molecule has 0 aliphatic heterocycles. The van der Waals surface area contributed by atoms with Crippen LogP contribution >= 0.6 is 0 Å². The lowest BCUT2D eigenvalue weighted by Crippen LogP contribution is -2.39. The van der Waals surface area contributed by atoms with Crippen LogP contribution in [-0.2, 0) is 11.2 Å². The predicted octanol–water partition coefficient (Wildman–Crippen LogP) is 3.02. The number of nitrogens with one attached hydrogen (secondary N) is 1. The van der Waals surface area contributed by atoms with Gasteiger partial charge in [-0.15, -0.1) is 0 Å². The summed E-state index contributed by atoms with van der Waals surface area (Å²) in [6, 6.07) is 11.7. The lowest BCUT2D eigenvalue weighted by Gasteiger charge is -2.21. The number of methoxy groups -OCH3 is 1. The molecule has 17 heavy (non-hydrogen) atoms. The molecule has 2 unspecified atom stereocenters. The number of hydrogen-bond acceptors (Lipinski definition) is 2. The zero-order valence-corrected chi connectivity index (χ0v) is 11.3. The zero-order chi connectivity index (χ0) is 12.5. The average Bonchev–Trinajstić information content (AvgIpc) is 2.37. The van der Waals surface area contributed by atoms with Gasteiger partial charge in [0.05, 0.1) is 6.61 Å². The fraction of sp³-hybridized carbons (Fsp3) is 0.600. The lowest BCUT2D eigenvalue weighted by molar-refractivity contribution is 0.158. The van der Waals surface area contributed by atoms with Crippen molar-refractivity contribution in [2.24, 2.45) is 0 Å². The van der Waals surface area contributed by atoms with Crippen molar-refractivity contribution in [3.63, 3.8) is 0 Å². The molecule has 0 saturated carbocycles. The first-order valence-corrected chi connectivity index (χ1v) is 6.55. The van der Waals surface area contributed by atoms with Gasteiger partial charge in [0.1, 0.15) is 0 Å². The zero-order valence-electron chi connectivity index (χ0n) is 11.3. The minimum Gasteiger partial charge on any atom is -0.383 e. The van der Waals surface area contributed by atoms with Gasteiger partial charge in [0.15, 0.2) is 0 Å². The molecule has 0 heterocycles. The van der Waals surface area contributed by atoms with Crippen LogP contribution in [-0.4, -0.2) is 25.8 Å². The lowest BCUT2D eigenvalue weighted by atomic mass is 10.1. The highest BCUT2D eigenvalue weighted by atomic mass is 16.5. The van der Waals surface area contributed by atoms with E-state index in [1.807, 2.05) is 0 Å². The summed E-state index contributed by atoms with van der Waals surface area (Å²) in [5.74, 6) is 0. The topological polar surface area (TPSA) is 21.3 Å². The molecule has 0 bridgehead atoms. The van der Waals surface area contributed by atoms with Crippen molar-refractivity contribution >= 4 is 0 Å². The van der Waals surface area contributed by atoms with Crippen LogP contribution < -0.4 is 5.32 Å². The Labute approximate surface area is 105 Å². The Bertz CT molecular complexity index is 286. The highest BCUT2D eigenvalue weighted by Crippen LogP contribution is 2.06. The predicted molar refractivity (Wildman–Crippen MR) is 73.3 cm³/mol. The van der Waals surface area contributed by atoms with Crippen molar-refractivity contribution < 1.29 is 4.74 Å². The van der Waals surface area contributed by atoms with E-state index in [2.05, 4.69) is 49.5 Å². The van der Waals surface area contributed by atoms with E-state index in [1.54, 1.807) is 7.11 Å². The van der Waals surface area contributed by atoms with Gasteiger partial charge in [-0.25, -0.2) is 0 Å². The maximum absolute atomic E-state index is 5.20. The molecule has 2 heteroatoms. The third kappa shape index (κ3) is 5.85. The van der Waals surface area contributed by atoms with E-state index >= 15 is 0 Å². The fourth-order valence-electron chi connectivity index (χ4n) is 2.00. The van der Waals surface area contributed by atoms with E-state index in [9.17, 15) is 0 Å². The first-order chi connectivity index (χ1) is 8.26. The van der Waals surface area contributed by atoms with Crippen molar-refractivity contribution in [2.75, 3.05) is 13.7 Å². The van der Waals surface area contributed by atoms with Crippen molar-refractivity contribution in [2.45, 2.75) is 45.2 Å². The minimum absolute atomic E-state index is 0.478. The van der Waals surface area contributed by atoms with Crippen molar-refractivity contribution in [3.8, 4) is 0 Å². The third-order valence-corrected chi connectivity index (χ3v) is 3.09. The second kappa shape index (κ2) is 8.26. The molecule has 0 radical (unpaired) electrons. The molecule has 1 N–H and O–H groups in total. The van der Waals surface area contributed by atoms with E-state index in [1.165, 1.54) is 12.0 Å². The summed E-state index contributed by atoms with van der Waals surface area (Å²) in [5.41, 5.74) is 1.42. The van der Waals surface area contributed by atoms with Crippen LogP contribution in [0, 0.1) is 0 Å². The van der Waals surface area contributed by atoms with Crippen LogP contribution in [0.5, 0.6) is 0 Å². The van der Waals surface area contributed by atoms with Crippen LogP contribution in [0.2, 0.25) is 0 Å². The van der Waals surface area contributed by atoms with Crippen molar-refractivity contribution in [3.05, 3.63) is 35.9 Å². The summed E-state index contributed by atoms with van der Waals surface area (Å²) in [7, 11) is 1.76. The molecule has 0 saturated heterocycles. The van der Waals surface area contributed by atoms with Gasteiger partial charge in [0.2, 0.25) is 0 Å². The quantitative estimate of drug-likeness (QED) is 0.748. The molecular formula is C15H25NO. The molecule has 0 aromatic heterocycles. The molecular weight excluding hydrogens is 210 g/mol. The Morgan fingerprint density at radius 3 is 2.53 bits per heavy atom. The number of ether oxygens (including phenoxy) is 1. The van der Waals surface area contributed by atoms with Gasteiger partial charge in [-0.05, 0) is 31.7 Å². The van der Waals surface area contributed by atoms with Gasteiger partial charge >= 0.3 is 0 Å². The molecule has 1 aromatic rings. The molecule has 96 valence electrons. The second-order valence-electron chi connectivity index (χ2n) is 4.65. The molecule has 2 atom stereocenters. The second-order valence-corrected chi connectivity index (χ2v) is 4.65. The molecule has 2 nitrogen and oxygen atoms in total. The maximum Gasteiger partial charge on any atom is 0.0615 e.